The van der Waals surface area contributed by atoms with Crippen molar-refractivity contribution in [1.29, 1.82) is 0 Å². The lowest BCUT2D eigenvalue weighted by Crippen LogP contribution is -2.35. The predicted molar refractivity (Wildman–Crippen MR) is 33.2 cm³/mol. The number of oxime groups is 1. The molecule has 0 saturated carbocycles. The second-order valence-corrected chi connectivity index (χ2v) is 1.27. The first kappa shape index (κ1) is 8.41. The van der Waals surface area contributed by atoms with Crippen molar-refractivity contribution in [2.24, 2.45) is 10.9 Å². The smallest absolute Gasteiger partial charge is 0.319 e. The van der Waals surface area contributed by atoms with E-state index in [4.69, 9.17) is 0 Å². The fourth-order valence-corrected chi connectivity index (χ4v) is 0.254. The fourth-order valence-electron chi connectivity index (χ4n) is 0.254. The second-order valence-electron chi connectivity index (χ2n) is 1.27. The number of rotatable bonds is 2. The van der Waals surface area contributed by atoms with Gasteiger partial charge in [0, 0.05) is 0 Å². The first-order valence-electron chi connectivity index (χ1n) is 2.33. The number of urea groups is 1. The predicted octanol–water partition coefficient (Wildman–Crippen LogP) is -1.19. The molecule has 0 aliphatic heterocycles. The van der Waals surface area contributed by atoms with Crippen LogP contribution in [0.25, 0.3) is 0 Å². The molecule has 6 heteroatoms. The van der Waals surface area contributed by atoms with Crippen molar-refractivity contribution in [3.8, 4) is 0 Å². The minimum atomic E-state index is -0.924. The number of imide groups is 1. The zero-order chi connectivity index (χ0) is 7.98. The van der Waals surface area contributed by atoms with Crippen LogP contribution in [0.3, 0.4) is 0 Å². The Balaban J connectivity index is 3.64. The van der Waals surface area contributed by atoms with Gasteiger partial charge in [0.25, 0.3) is 5.91 Å². The lowest BCUT2D eigenvalue weighted by Gasteiger charge is -1.90. The van der Waals surface area contributed by atoms with Crippen molar-refractivity contribution < 1.29 is 14.4 Å². The van der Waals surface area contributed by atoms with E-state index in [1.807, 2.05) is 0 Å². The standard InChI is InChI=1S/C4H7N3O3/c1-10-6-2-3(8)7-4(5)9/h2H,1H3,(H3,5,7,8,9)/b6-2+. The van der Waals surface area contributed by atoms with E-state index in [9.17, 15) is 9.59 Å². The summed E-state index contributed by atoms with van der Waals surface area (Å²) in [6, 6.07) is -0.924. The minimum Gasteiger partial charge on any atom is -0.399 e. The van der Waals surface area contributed by atoms with Gasteiger partial charge in [-0.25, -0.2) is 4.79 Å². The lowest BCUT2D eigenvalue weighted by atomic mass is 10.7. The number of nitrogens with zero attached hydrogens (tertiary/aromatic N) is 1. The van der Waals surface area contributed by atoms with Gasteiger partial charge in [-0.2, -0.15) is 0 Å². The third kappa shape index (κ3) is 4.57. The van der Waals surface area contributed by atoms with Crippen LogP contribution in [0.5, 0.6) is 0 Å². The third-order valence-electron chi connectivity index (χ3n) is 0.522. The maximum atomic E-state index is 10.4. The first-order valence-corrected chi connectivity index (χ1v) is 2.33. The highest BCUT2D eigenvalue weighted by molar-refractivity contribution is 6.29. The summed E-state index contributed by atoms with van der Waals surface area (Å²) in [5, 5.41) is 4.83. The molecule has 56 valence electrons. The Kier molecular flexibility index (Phi) is 3.62. The van der Waals surface area contributed by atoms with Gasteiger partial charge < -0.3 is 10.6 Å². The first-order chi connectivity index (χ1) is 4.66. The Morgan fingerprint density at radius 1 is 1.70 bits per heavy atom. The molecule has 0 aromatic carbocycles. The van der Waals surface area contributed by atoms with Gasteiger partial charge in [-0.15, -0.1) is 0 Å². The van der Waals surface area contributed by atoms with Crippen molar-refractivity contribution in [3.05, 3.63) is 0 Å². The molecule has 0 fully saturated rings. The van der Waals surface area contributed by atoms with Gasteiger partial charge >= 0.3 is 6.03 Å². The molecule has 0 spiro atoms. The molecule has 0 bridgehead atoms. The maximum absolute atomic E-state index is 10.4. The fraction of sp³-hybridized carbons (Fsp3) is 0.250. The highest BCUT2D eigenvalue weighted by atomic mass is 16.6. The quantitative estimate of drug-likeness (QED) is 0.378. The van der Waals surface area contributed by atoms with Crippen LogP contribution in [0, 0.1) is 0 Å². The molecule has 6 nitrogen and oxygen atoms in total. The van der Waals surface area contributed by atoms with E-state index in [1.165, 1.54) is 7.11 Å². The molecule has 0 aliphatic rings. The molecular weight excluding hydrogens is 138 g/mol. The highest BCUT2D eigenvalue weighted by Crippen LogP contribution is 1.64. The van der Waals surface area contributed by atoms with Crippen LogP contribution < -0.4 is 11.1 Å². The Hall–Kier alpha value is -1.59. The molecule has 0 aliphatic carbocycles. The molecule has 0 atom stereocenters. The summed E-state index contributed by atoms with van der Waals surface area (Å²) < 4.78 is 0. The van der Waals surface area contributed by atoms with Crippen LogP contribution in [-0.2, 0) is 9.63 Å². The zero-order valence-electron chi connectivity index (χ0n) is 5.33. The maximum Gasteiger partial charge on any atom is 0.319 e. The summed E-state index contributed by atoms with van der Waals surface area (Å²) in [6.45, 7) is 0. The van der Waals surface area contributed by atoms with Crippen molar-refractivity contribution >= 4 is 18.2 Å². The molecule has 0 rings (SSSR count). The summed E-state index contributed by atoms with van der Waals surface area (Å²) >= 11 is 0. The van der Waals surface area contributed by atoms with E-state index >= 15 is 0 Å². The Morgan fingerprint density at radius 2 is 2.30 bits per heavy atom. The molecule has 0 heterocycles. The van der Waals surface area contributed by atoms with E-state index in [0.29, 0.717) is 0 Å². The topological polar surface area (TPSA) is 93.8 Å². The zero-order valence-corrected chi connectivity index (χ0v) is 5.33. The average Bonchev–Trinajstić information content (AvgIpc) is 1.82. The van der Waals surface area contributed by atoms with Gasteiger partial charge in [-0.1, -0.05) is 5.16 Å². The van der Waals surface area contributed by atoms with Gasteiger partial charge in [-0.3, -0.25) is 10.1 Å². The number of hydrogen-bond donors (Lipinski definition) is 2. The van der Waals surface area contributed by atoms with Crippen molar-refractivity contribution in [3.63, 3.8) is 0 Å². The number of nitrogens with one attached hydrogen (secondary N) is 1. The monoisotopic (exact) mass is 145 g/mol. The van der Waals surface area contributed by atoms with E-state index in [1.54, 1.807) is 5.32 Å². The second kappa shape index (κ2) is 4.30. The number of nitrogens with two attached hydrogens (primary N) is 1. The summed E-state index contributed by atoms with van der Waals surface area (Å²) in [5.41, 5.74) is 4.59. The van der Waals surface area contributed by atoms with Gasteiger partial charge in [0.05, 0.1) is 0 Å². The largest absolute Gasteiger partial charge is 0.399 e. The summed E-state index contributed by atoms with van der Waals surface area (Å²) in [4.78, 5) is 24.5. The number of primary amides is 1. The Morgan fingerprint density at radius 3 is 2.70 bits per heavy atom. The van der Waals surface area contributed by atoms with Gasteiger partial charge in [0.15, 0.2) is 0 Å². The molecule has 0 aromatic rings. The molecule has 0 aromatic heterocycles. The van der Waals surface area contributed by atoms with Crippen LogP contribution >= 0.6 is 0 Å². The lowest BCUT2D eigenvalue weighted by molar-refractivity contribution is -0.113. The highest BCUT2D eigenvalue weighted by Gasteiger charge is 1.97. The Bertz CT molecular complexity index is 165. The van der Waals surface area contributed by atoms with E-state index < -0.39 is 11.9 Å². The van der Waals surface area contributed by atoms with Gasteiger partial charge in [-0.05, 0) is 0 Å². The van der Waals surface area contributed by atoms with Crippen LogP contribution in [0.1, 0.15) is 0 Å². The average molecular weight is 145 g/mol. The van der Waals surface area contributed by atoms with Crippen LogP contribution in [0.4, 0.5) is 4.79 Å². The summed E-state index contributed by atoms with van der Waals surface area (Å²) in [7, 11) is 1.27. The number of hydrogen-bond acceptors (Lipinski definition) is 4. The molecule has 3 N–H and O–H groups in total. The molecular formula is C4H7N3O3. The molecule has 0 radical (unpaired) electrons. The van der Waals surface area contributed by atoms with Gasteiger partial charge in [0.1, 0.15) is 13.3 Å². The van der Waals surface area contributed by atoms with Crippen LogP contribution in [0.2, 0.25) is 0 Å². The van der Waals surface area contributed by atoms with Crippen molar-refractivity contribution in [2.75, 3.05) is 7.11 Å². The van der Waals surface area contributed by atoms with Gasteiger partial charge in [0.2, 0.25) is 0 Å². The number of carbonyl (C=O) groups is 2. The summed E-state index contributed by atoms with van der Waals surface area (Å²) in [6.07, 6.45) is 0.796. The number of carbonyl (C=O) groups excluding carboxylic acids is 2. The molecule has 3 amide bonds. The van der Waals surface area contributed by atoms with E-state index in [-0.39, 0.29) is 0 Å². The molecule has 0 unspecified atom stereocenters. The SMILES string of the molecule is CO/N=C/C(=O)NC(N)=O. The minimum absolute atomic E-state index is 0.714. The Labute approximate surface area is 57.0 Å². The third-order valence-corrected chi connectivity index (χ3v) is 0.522. The summed E-state index contributed by atoms with van der Waals surface area (Å²) in [5.74, 6) is -0.714. The van der Waals surface area contributed by atoms with Crippen molar-refractivity contribution in [1.82, 2.24) is 5.32 Å². The van der Waals surface area contributed by atoms with E-state index in [2.05, 4.69) is 15.7 Å². The normalized spacial score (nSPS) is 9.30. The van der Waals surface area contributed by atoms with Crippen LogP contribution in [-0.4, -0.2) is 25.3 Å². The van der Waals surface area contributed by atoms with Crippen LogP contribution in [0.15, 0.2) is 5.16 Å². The van der Waals surface area contributed by atoms with Crippen molar-refractivity contribution in [2.45, 2.75) is 0 Å². The van der Waals surface area contributed by atoms with E-state index in [0.717, 1.165) is 6.21 Å². The number of amides is 3. The molecule has 10 heavy (non-hydrogen) atoms. The molecule has 0 saturated heterocycles.